The molecule has 1 N–H and O–H groups in total. The van der Waals surface area contributed by atoms with E-state index < -0.39 is 11.2 Å². The molecule has 2 atom stereocenters. The number of benzene rings is 2. The van der Waals surface area contributed by atoms with Crippen molar-refractivity contribution < 1.29 is 19.1 Å². The lowest BCUT2D eigenvalue weighted by Crippen LogP contribution is -2.54. The van der Waals surface area contributed by atoms with Crippen LogP contribution < -0.4 is 10.4 Å². The van der Waals surface area contributed by atoms with E-state index in [-0.39, 0.29) is 18.2 Å². The molecule has 2 aromatic carbocycles. The lowest BCUT2D eigenvalue weighted by Gasteiger charge is -2.47. The van der Waals surface area contributed by atoms with Gasteiger partial charge in [-0.2, -0.15) is 0 Å². The first-order chi connectivity index (χ1) is 17.7. The van der Waals surface area contributed by atoms with Gasteiger partial charge in [0.25, 0.3) is 0 Å². The molecule has 0 unspecified atom stereocenters. The van der Waals surface area contributed by atoms with Crippen LogP contribution in [0.5, 0.6) is 5.75 Å². The zero-order chi connectivity index (χ0) is 26.2. The van der Waals surface area contributed by atoms with E-state index in [2.05, 4.69) is 0 Å². The molecule has 1 aromatic heterocycles. The van der Waals surface area contributed by atoms with Gasteiger partial charge in [-0.05, 0) is 74.9 Å². The van der Waals surface area contributed by atoms with Gasteiger partial charge in [0.15, 0.2) is 0 Å². The average Bonchev–Trinajstić information content (AvgIpc) is 2.88. The lowest BCUT2D eigenvalue weighted by molar-refractivity contribution is -0.143. The van der Waals surface area contributed by atoms with Crippen LogP contribution >= 0.6 is 11.6 Å². The van der Waals surface area contributed by atoms with E-state index in [0.717, 1.165) is 47.8 Å². The van der Waals surface area contributed by atoms with Crippen molar-refractivity contribution >= 4 is 28.5 Å². The molecule has 2 fully saturated rings. The number of nitrogens with zero attached hydrogens (tertiary/aromatic N) is 1. The molecule has 1 saturated heterocycles. The molecule has 0 radical (unpaired) electrons. The Bertz CT molecular complexity index is 1380. The van der Waals surface area contributed by atoms with Gasteiger partial charge in [-0.25, -0.2) is 4.79 Å². The molecule has 0 spiro atoms. The fourth-order valence-corrected chi connectivity index (χ4v) is 6.20. The van der Waals surface area contributed by atoms with E-state index in [9.17, 15) is 14.7 Å². The largest absolute Gasteiger partial charge is 0.488 e. The number of aliphatic hydroxyl groups is 1. The van der Waals surface area contributed by atoms with Gasteiger partial charge in [-0.3, -0.25) is 4.79 Å². The summed E-state index contributed by atoms with van der Waals surface area (Å²) >= 11 is 6.07. The molecule has 1 aliphatic carbocycles. The van der Waals surface area contributed by atoms with Gasteiger partial charge in [0.2, 0.25) is 5.91 Å². The number of hydrogen-bond donors (Lipinski definition) is 1. The molecule has 6 nitrogen and oxygen atoms in total. The van der Waals surface area contributed by atoms with Crippen LogP contribution in [0.3, 0.4) is 0 Å². The molecule has 196 valence electrons. The SMILES string of the molecule is Cc1c(CCC(=O)N2CC[C@@]3(O)CCCC[C@H]3C2)c(=O)oc2c(C)c(OCc3cccc(Cl)c3)ccc12. The van der Waals surface area contributed by atoms with E-state index in [1.807, 2.05) is 55.1 Å². The number of hydrogen-bond acceptors (Lipinski definition) is 5. The molecular weight excluding hydrogens is 490 g/mol. The van der Waals surface area contributed by atoms with E-state index in [1.54, 1.807) is 0 Å². The summed E-state index contributed by atoms with van der Waals surface area (Å²) < 4.78 is 11.8. The van der Waals surface area contributed by atoms with Crippen LogP contribution in [0.2, 0.25) is 5.02 Å². The molecule has 1 saturated carbocycles. The average molecular weight is 524 g/mol. The minimum Gasteiger partial charge on any atom is -0.488 e. The number of fused-ring (bicyclic) bond motifs is 2. The Hall–Kier alpha value is -2.83. The smallest absolute Gasteiger partial charge is 0.339 e. The summed E-state index contributed by atoms with van der Waals surface area (Å²) in [4.78, 5) is 27.9. The van der Waals surface area contributed by atoms with Gasteiger partial charge in [0.1, 0.15) is 17.9 Å². The van der Waals surface area contributed by atoms with Crippen LogP contribution in [-0.2, 0) is 17.8 Å². The van der Waals surface area contributed by atoms with E-state index in [4.69, 9.17) is 20.8 Å². The van der Waals surface area contributed by atoms with Crippen LogP contribution in [0.1, 0.15) is 60.8 Å². The highest BCUT2D eigenvalue weighted by Gasteiger charge is 2.43. The first kappa shape index (κ1) is 25.8. The minimum absolute atomic E-state index is 0.0347. The van der Waals surface area contributed by atoms with E-state index in [1.165, 1.54) is 0 Å². The van der Waals surface area contributed by atoms with Crippen LogP contribution in [0, 0.1) is 19.8 Å². The summed E-state index contributed by atoms with van der Waals surface area (Å²) in [5, 5.41) is 12.4. The van der Waals surface area contributed by atoms with E-state index in [0.29, 0.717) is 54.5 Å². The number of carbonyl (C=O) groups is 1. The van der Waals surface area contributed by atoms with E-state index >= 15 is 0 Å². The Balaban J connectivity index is 1.29. The van der Waals surface area contributed by atoms with Crippen LogP contribution in [0.25, 0.3) is 11.0 Å². The Morgan fingerprint density at radius 3 is 2.84 bits per heavy atom. The maximum absolute atomic E-state index is 13.0. The second-order valence-corrected chi connectivity index (χ2v) is 11.0. The highest BCUT2D eigenvalue weighted by molar-refractivity contribution is 6.30. The van der Waals surface area contributed by atoms with Crippen molar-refractivity contribution in [1.29, 1.82) is 0 Å². The number of aryl methyl sites for hydroxylation is 2. The normalized spacial score (nSPS) is 21.6. The van der Waals surface area contributed by atoms with Gasteiger partial charge in [0.05, 0.1) is 5.60 Å². The van der Waals surface area contributed by atoms with Crippen LogP contribution in [-0.4, -0.2) is 34.6 Å². The van der Waals surface area contributed by atoms with Gasteiger partial charge in [-0.15, -0.1) is 0 Å². The number of halogens is 1. The minimum atomic E-state index is -0.612. The topological polar surface area (TPSA) is 80.0 Å². The summed E-state index contributed by atoms with van der Waals surface area (Å²) in [6.07, 6.45) is 5.21. The molecule has 1 aliphatic heterocycles. The fourth-order valence-electron chi connectivity index (χ4n) is 5.99. The molecule has 2 aliphatic rings. The quantitative estimate of drug-likeness (QED) is 0.417. The van der Waals surface area contributed by atoms with Crippen molar-refractivity contribution in [2.45, 2.75) is 71.0 Å². The van der Waals surface area contributed by atoms with Crippen molar-refractivity contribution in [3.8, 4) is 5.75 Å². The molecule has 1 amide bonds. The van der Waals surface area contributed by atoms with Gasteiger partial charge in [-0.1, -0.05) is 36.6 Å². The predicted octanol–water partition coefficient (Wildman–Crippen LogP) is 5.73. The second-order valence-electron chi connectivity index (χ2n) is 10.6. The lowest BCUT2D eigenvalue weighted by atomic mass is 9.71. The summed E-state index contributed by atoms with van der Waals surface area (Å²) in [5.74, 6) is 0.836. The monoisotopic (exact) mass is 523 g/mol. The molecular formula is C30H34ClNO5. The van der Waals surface area contributed by atoms with Crippen molar-refractivity contribution in [3.63, 3.8) is 0 Å². The summed E-state index contributed by atoms with van der Waals surface area (Å²) in [6, 6.07) is 11.3. The van der Waals surface area contributed by atoms with Crippen molar-refractivity contribution in [2.75, 3.05) is 13.1 Å². The number of carbonyl (C=O) groups excluding carboxylic acids is 1. The zero-order valence-electron chi connectivity index (χ0n) is 21.5. The summed E-state index contributed by atoms with van der Waals surface area (Å²) in [5.41, 5.74) is 2.58. The Kier molecular flexibility index (Phi) is 7.32. The maximum atomic E-state index is 13.0. The third-order valence-corrected chi connectivity index (χ3v) is 8.54. The Morgan fingerprint density at radius 1 is 1.19 bits per heavy atom. The summed E-state index contributed by atoms with van der Waals surface area (Å²) in [7, 11) is 0. The molecule has 2 heterocycles. The first-order valence-electron chi connectivity index (χ1n) is 13.2. The molecule has 3 aromatic rings. The van der Waals surface area contributed by atoms with Crippen molar-refractivity contribution in [2.24, 2.45) is 5.92 Å². The van der Waals surface area contributed by atoms with Gasteiger partial charge < -0.3 is 19.2 Å². The number of ether oxygens (including phenoxy) is 1. The van der Waals surface area contributed by atoms with Gasteiger partial charge >= 0.3 is 5.63 Å². The molecule has 7 heteroatoms. The highest BCUT2D eigenvalue weighted by Crippen LogP contribution is 2.40. The Labute approximate surface area is 222 Å². The maximum Gasteiger partial charge on any atom is 0.339 e. The van der Waals surface area contributed by atoms with Crippen LogP contribution in [0.4, 0.5) is 0 Å². The number of likely N-dealkylation sites (tertiary alicyclic amines) is 1. The third kappa shape index (κ3) is 5.27. The molecule has 0 bridgehead atoms. The van der Waals surface area contributed by atoms with Crippen LogP contribution in [0.15, 0.2) is 45.6 Å². The fraction of sp³-hybridized carbons (Fsp3) is 0.467. The van der Waals surface area contributed by atoms with Gasteiger partial charge in [0, 0.05) is 47.0 Å². The number of piperidine rings is 1. The standard InChI is InChI=1S/C30H34ClNO5/c1-19-24-9-11-26(36-18-21-6-5-8-23(31)16-21)20(2)28(24)37-29(34)25(19)10-12-27(33)32-15-14-30(35)13-4-3-7-22(30)17-32/h5-6,8-9,11,16,22,35H,3-4,7,10,12-15,17-18H2,1-2H3/t22-,30-/m0/s1. The third-order valence-electron chi connectivity index (χ3n) is 8.31. The summed E-state index contributed by atoms with van der Waals surface area (Å²) in [6.45, 7) is 5.33. The first-order valence-corrected chi connectivity index (χ1v) is 13.6. The van der Waals surface area contributed by atoms with Crippen molar-refractivity contribution in [3.05, 3.63) is 74.1 Å². The molecule has 5 rings (SSSR count). The van der Waals surface area contributed by atoms with Crippen molar-refractivity contribution in [1.82, 2.24) is 4.90 Å². The molecule has 37 heavy (non-hydrogen) atoms. The Morgan fingerprint density at radius 2 is 2.03 bits per heavy atom. The highest BCUT2D eigenvalue weighted by atomic mass is 35.5. The predicted molar refractivity (Wildman–Crippen MR) is 144 cm³/mol. The number of amides is 1. The second kappa shape index (κ2) is 10.5. The zero-order valence-corrected chi connectivity index (χ0v) is 22.3. The number of rotatable bonds is 6.